The van der Waals surface area contributed by atoms with Crippen LogP contribution in [0.4, 0.5) is 0 Å². The molecule has 100 valence electrons. The maximum absolute atomic E-state index is 3.69. The van der Waals surface area contributed by atoms with E-state index in [9.17, 15) is 0 Å². The highest BCUT2D eigenvalue weighted by Crippen LogP contribution is 2.24. The lowest BCUT2D eigenvalue weighted by Gasteiger charge is -2.21. The fourth-order valence-corrected chi connectivity index (χ4v) is 2.39. The molecule has 2 aromatic carbocycles. The summed E-state index contributed by atoms with van der Waals surface area (Å²) in [5.41, 5.74) is 4.07. The third-order valence-electron chi connectivity index (χ3n) is 3.51. The Bertz CT molecular complexity index is 490. The van der Waals surface area contributed by atoms with Crippen molar-refractivity contribution in [3.05, 3.63) is 71.3 Å². The van der Waals surface area contributed by atoms with Crippen molar-refractivity contribution in [2.45, 2.75) is 32.7 Å². The molecule has 19 heavy (non-hydrogen) atoms. The summed E-state index contributed by atoms with van der Waals surface area (Å²) >= 11 is 0. The first kappa shape index (κ1) is 13.8. The highest BCUT2D eigenvalue weighted by molar-refractivity contribution is 5.36. The molecule has 0 aliphatic heterocycles. The summed E-state index contributed by atoms with van der Waals surface area (Å²) < 4.78 is 0. The van der Waals surface area contributed by atoms with Crippen LogP contribution >= 0.6 is 0 Å². The summed E-state index contributed by atoms with van der Waals surface area (Å²) in [6, 6.07) is 19.7. The molecule has 0 bridgehead atoms. The molecule has 2 rings (SSSR count). The van der Waals surface area contributed by atoms with Gasteiger partial charge in [-0.3, -0.25) is 0 Å². The first-order valence-corrected chi connectivity index (χ1v) is 7.16. The Kier molecular flexibility index (Phi) is 5.17. The van der Waals surface area contributed by atoms with Gasteiger partial charge in [-0.25, -0.2) is 0 Å². The Morgan fingerprint density at radius 3 is 2.32 bits per heavy atom. The van der Waals surface area contributed by atoms with Crippen molar-refractivity contribution in [3.63, 3.8) is 0 Å². The molecule has 0 fully saturated rings. The number of unbranched alkanes of at least 4 members (excludes halogenated alkanes) is 1. The van der Waals surface area contributed by atoms with Gasteiger partial charge in [-0.05, 0) is 36.6 Å². The van der Waals surface area contributed by atoms with Gasteiger partial charge < -0.3 is 5.32 Å². The van der Waals surface area contributed by atoms with Crippen molar-refractivity contribution in [1.82, 2.24) is 5.32 Å². The fourth-order valence-electron chi connectivity index (χ4n) is 2.39. The second kappa shape index (κ2) is 7.10. The van der Waals surface area contributed by atoms with Crippen LogP contribution < -0.4 is 5.32 Å². The number of benzene rings is 2. The zero-order valence-corrected chi connectivity index (χ0v) is 11.9. The van der Waals surface area contributed by atoms with Crippen LogP contribution in [0.25, 0.3) is 0 Å². The van der Waals surface area contributed by atoms with Gasteiger partial charge >= 0.3 is 0 Å². The van der Waals surface area contributed by atoms with Crippen molar-refractivity contribution in [2.24, 2.45) is 0 Å². The monoisotopic (exact) mass is 253 g/mol. The Balaban J connectivity index is 2.27. The van der Waals surface area contributed by atoms with Gasteiger partial charge in [-0.1, -0.05) is 67.9 Å². The summed E-state index contributed by atoms with van der Waals surface area (Å²) in [4.78, 5) is 0. The van der Waals surface area contributed by atoms with Gasteiger partial charge in [-0.2, -0.15) is 0 Å². The molecular formula is C18H23N. The average Bonchev–Trinajstić information content (AvgIpc) is 2.46. The van der Waals surface area contributed by atoms with Gasteiger partial charge in [-0.15, -0.1) is 0 Å². The van der Waals surface area contributed by atoms with E-state index in [-0.39, 0.29) is 0 Å². The van der Waals surface area contributed by atoms with E-state index in [4.69, 9.17) is 0 Å². The van der Waals surface area contributed by atoms with Crippen LogP contribution in [0.3, 0.4) is 0 Å². The van der Waals surface area contributed by atoms with Crippen molar-refractivity contribution in [2.75, 3.05) is 6.54 Å². The molecular weight excluding hydrogens is 230 g/mol. The summed E-state index contributed by atoms with van der Waals surface area (Å²) in [5.74, 6) is 0. The van der Waals surface area contributed by atoms with Crippen LogP contribution in [0.1, 0.15) is 42.5 Å². The maximum Gasteiger partial charge on any atom is 0.0579 e. The van der Waals surface area contributed by atoms with Crippen LogP contribution in [-0.2, 0) is 0 Å². The van der Waals surface area contributed by atoms with Crippen molar-refractivity contribution in [3.8, 4) is 0 Å². The fraction of sp³-hybridized carbons (Fsp3) is 0.333. The maximum atomic E-state index is 3.69. The molecule has 0 aliphatic carbocycles. The summed E-state index contributed by atoms with van der Waals surface area (Å²) in [7, 11) is 0. The lowest BCUT2D eigenvalue weighted by molar-refractivity contribution is 0.577. The van der Waals surface area contributed by atoms with E-state index < -0.39 is 0 Å². The van der Waals surface area contributed by atoms with E-state index in [1.54, 1.807) is 0 Å². The van der Waals surface area contributed by atoms with Crippen LogP contribution in [0.5, 0.6) is 0 Å². The smallest absolute Gasteiger partial charge is 0.0579 e. The first-order chi connectivity index (χ1) is 9.33. The second-order valence-electron chi connectivity index (χ2n) is 5.01. The topological polar surface area (TPSA) is 12.0 Å². The zero-order chi connectivity index (χ0) is 13.5. The minimum atomic E-state index is 0.300. The highest BCUT2D eigenvalue weighted by Gasteiger charge is 2.14. The molecule has 1 nitrogen and oxygen atoms in total. The van der Waals surface area contributed by atoms with Crippen LogP contribution in [-0.4, -0.2) is 6.54 Å². The average molecular weight is 253 g/mol. The molecule has 0 amide bonds. The number of rotatable bonds is 6. The molecule has 1 atom stereocenters. The minimum Gasteiger partial charge on any atom is -0.306 e. The number of hydrogen-bond donors (Lipinski definition) is 1. The predicted octanol–water partition coefficient (Wildman–Crippen LogP) is 4.47. The van der Waals surface area contributed by atoms with Gasteiger partial charge in [0.05, 0.1) is 6.04 Å². The first-order valence-electron chi connectivity index (χ1n) is 7.16. The Hall–Kier alpha value is -1.60. The van der Waals surface area contributed by atoms with E-state index in [0.29, 0.717) is 6.04 Å². The lowest BCUT2D eigenvalue weighted by atomic mass is 9.95. The highest BCUT2D eigenvalue weighted by atomic mass is 14.9. The number of aryl methyl sites for hydroxylation is 1. The third kappa shape index (κ3) is 3.68. The standard InChI is InChI=1S/C18H23N/c1-3-4-14-19-18(16-11-6-5-7-12-16)17-13-9-8-10-15(17)2/h5-13,18-19H,3-4,14H2,1-2H3. The van der Waals surface area contributed by atoms with E-state index in [0.717, 1.165) is 6.54 Å². The molecule has 0 spiro atoms. The molecule has 1 heteroatoms. The van der Waals surface area contributed by atoms with Crippen LogP contribution in [0.2, 0.25) is 0 Å². The lowest BCUT2D eigenvalue weighted by Crippen LogP contribution is -2.24. The normalized spacial score (nSPS) is 12.3. The SMILES string of the molecule is CCCCNC(c1ccccc1)c1ccccc1C. The largest absolute Gasteiger partial charge is 0.306 e. The molecule has 0 aliphatic rings. The molecule has 0 radical (unpaired) electrons. The second-order valence-corrected chi connectivity index (χ2v) is 5.01. The zero-order valence-electron chi connectivity index (χ0n) is 11.9. The number of hydrogen-bond acceptors (Lipinski definition) is 1. The Morgan fingerprint density at radius 1 is 0.947 bits per heavy atom. The Labute approximate surface area is 116 Å². The molecule has 0 aromatic heterocycles. The van der Waals surface area contributed by atoms with Crippen molar-refractivity contribution >= 4 is 0 Å². The molecule has 2 aromatic rings. The van der Waals surface area contributed by atoms with E-state index >= 15 is 0 Å². The summed E-state index contributed by atoms with van der Waals surface area (Å²) in [5, 5.41) is 3.69. The van der Waals surface area contributed by atoms with Crippen molar-refractivity contribution < 1.29 is 0 Å². The van der Waals surface area contributed by atoms with Gasteiger partial charge in [0, 0.05) is 0 Å². The van der Waals surface area contributed by atoms with E-state index in [1.807, 2.05) is 0 Å². The molecule has 1 unspecified atom stereocenters. The molecule has 0 saturated heterocycles. The minimum absolute atomic E-state index is 0.300. The van der Waals surface area contributed by atoms with E-state index in [2.05, 4.69) is 73.8 Å². The van der Waals surface area contributed by atoms with Gasteiger partial charge in [0.15, 0.2) is 0 Å². The van der Waals surface area contributed by atoms with Crippen molar-refractivity contribution in [1.29, 1.82) is 0 Å². The Morgan fingerprint density at radius 2 is 1.63 bits per heavy atom. The molecule has 0 heterocycles. The van der Waals surface area contributed by atoms with Crippen LogP contribution in [0, 0.1) is 6.92 Å². The van der Waals surface area contributed by atoms with Gasteiger partial charge in [0.1, 0.15) is 0 Å². The molecule has 1 N–H and O–H groups in total. The van der Waals surface area contributed by atoms with E-state index in [1.165, 1.54) is 29.5 Å². The third-order valence-corrected chi connectivity index (χ3v) is 3.51. The van der Waals surface area contributed by atoms with Gasteiger partial charge in [0.25, 0.3) is 0 Å². The van der Waals surface area contributed by atoms with Gasteiger partial charge in [0.2, 0.25) is 0 Å². The number of nitrogens with one attached hydrogen (secondary N) is 1. The molecule has 0 saturated carbocycles. The predicted molar refractivity (Wildman–Crippen MR) is 82.4 cm³/mol. The summed E-state index contributed by atoms with van der Waals surface area (Å²) in [6.07, 6.45) is 2.44. The quantitative estimate of drug-likeness (QED) is 0.749. The summed E-state index contributed by atoms with van der Waals surface area (Å²) in [6.45, 7) is 5.48. The van der Waals surface area contributed by atoms with Crippen LogP contribution in [0.15, 0.2) is 54.6 Å².